The quantitative estimate of drug-likeness (QED) is 0.0427. The van der Waals surface area contributed by atoms with Gasteiger partial charge in [-0.2, -0.15) is 18.2 Å². The van der Waals surface area contributed by atoms with Crippen molar-refractivity contribution < 1.29 is 52.0 Å². The molecule has 5 heterocycles. The van der Waals surface area contributed by atoms with E-state index in [4.69, 9.17) is 14.2 Å². The van der Waals surface area contributed by atoms with Gasteiger partial charge in [0, 0.05) is 94.7 Å². The Morgan fingerprint density at radius 1 is 0.821 bits per heavy atom. The van der Waals surface area contributed by atoms with Crippen molar-refractivity contribution in [3.05, 3.63) is 83.3 Å². The van der Waals surface area contributed by atoms with Crippen molar-refractivity contribution >= 4 is 46.0 Å². The van der Waals surface area contributed by atoms with Crippen LogP contribution in [0.3, 0.4) is 0 Å². The fourth-order valence-corrected chi connectivity index (χ4v) is 11.1. The lowest BCUT2D eigenvalue weighted by Gasteiger charge is -2.35. The largest absolute Gasteiger partial charge is 0.393 e. The molecule has 424 valence electrons. The third-order valence-corrected chi connectivity index (χ3v) is 15.7. The number of halogens is 3. The smallest absolute Gasteiger partial charge is 0.390 e. The van der Waals surface area contributed by atoms with Gasteiger partial charge in [-0.15, -0.1) is 11.3 Å². The number of aliphatic hydroxyl groups is 2. The normalized spacial score (nSPS) is 20.0. The number of hydrogen-bond donors (Lipinski definition) is 5. The first-order valence-electron chi connectivity index (χ1n) is 27.1. The summed E-state index contributed by atoms with van der Waals surface area (Å²) >= 11 is 1.57. The summed E-state index contributed by atoms with van der Waals surface area (Å²) in [5.41, 5.74) is 7.82. The number of rotatable bonds is 24. The third kappa shape index (κ3) is 16.3. The molecule has 0 bridgehead atoms. The van der Waals surface area contributed by atoms with Crippen LogP contribution in [0.25, 0.3) is 32.6 Å². The topological polar surface area (TPSA) is 209 Å². The van der Waals surface area contributed by atoms with Crippen molar-refractivity contribution in [3.8, 4) is 21.6 Å². The number of anilines is 1. The number of nitrogens with one attached hydrogen (secondary N) is 3. The van der Waals surface area contributed by atoms with Crippen LogP contribution in [-0.4, -0.2) is 178 Å². The van der Waals surface area contributed by atoms with Crippen molar-refractivity contribution in [2.24, 2.45) is 5.41 Å². The Balaban J connectivity index is 0.691. The van der Waals surface area contributed by atoms with Crippen LogP contribution in [0, 0.1) is 12.3 Å². The van der Waals surface area contributed by atoms with E-state index in [1.165, 1.54) is 10.5 Å². The number of aryl methyl sites for hydroxylation is 1. The Bertz CT molecular complexity index is 2740. The zero-order valence-corrected chi connectivity index (χ0v) is 45.9. The minimum Gasteiger partial charge on any atom is -0.393 e. The van der Waals surface area contributed by atoms with Gasteiger partial charge in [-0.3, -0.25) is 24.2 Å². The van der Waals surface area contributed by atoms with Crippen LogP contribution in [0.1, 0.15) is 82.2 Å². The van der Waals surface area contributed by atoms with Gasteiger partial charge in [0.15, 0.2) is 0 Å². The van der Waals surface area contributed by atoms with Crippen LogP contribution in [0.15, 0.2) is 66.4 Å². The number of thiazole rings is 1. The monoisotopic (exact) mass is 1100 g/mol. The summed E-state index contributed by atoms with van der Waals surface area (Å²) in [6, 6.07) is 14.6. The molecule has 18 nitrogen and oxygen atoms in total. The first kappa shape index (κ1) is 58.6. The van der Waals surface area contributed by atoms with E-state index in [1.54, 1.807) is 17.5 Å². The fraction of sp³-hybridized carbons (Fsp3) is 0.571. The highest BCUT2D eigenvalue weighted by atomic mass is 32.1. The van der Waals surface area contributed by atoms with Gasteiger partial charge < -0.3 is 49.8 Å². The molecule has 5 aromatic rings. The molecule has 0 unspecified atom stereocenters. The summed E-state index contributed by atoms with van der Waals surface area (Å²) in [6.07, 6.45) is 0.318. The van der Waals surface area contributed by atoms with E-state index in [9.17, 15) is 37.8 Å². The molecule has 5 N–H and O–H groups in total. The van der Waals surface area contributed by atoms with Gasteiger partial charge in [0.05, 0.1) is 67.7 Å². The molecule has 3 aliphatic rings. The summed E-state index contributed by atoms with van der Waals surface area (Å²) in [5, 5.41) is 30.0. The Morgan fingerprint density at radius 2 is 1.47 bits per heavy atom. The molecule has 2 aromatic carbocycles. The summed E-state index contributed by atoms with van der Waals surface area (Å²) in [5.74, 6) is -1.14. The second kappa shape index (κ2) is 27.0. The molecule has 3 atom stereocenters. The zero-order valence-electron chi connectivity index (χ0n) is 45.1. The molecule has 3 aromatic heterocycles. The number of likely N-dealkylation sites (tertiary alicyclic amines) is 1. The van der Waals surface area contributed by atoms with Crippen LogP contribution in [0.4, 0.5) is 19.1 Å². The Labute approximate surface area is 458 Å². The molecule has 3 fully saturated rings. The van der Waals surface area contributed by atoms with E-state index in [0.29, 0.717) is 38.3 Å². The second-order valence-electron chi connectivity index (χ2n) is 21.7. The maximum Gasteiger partial charge on any atom is 0.390 e. The van der Waals surface area contributed by atoms with Gasteiger partial charge in [-0.1, -0.05) is 69.3 Å². The number of β-amino-alcohol motifs (C(OH)–C–C–N with tert-alkyl or cyclic N) is 1. The van der Waals surface area contributed by atoms with Crippen molar-refractivity contribution in [2.75, 3.05) is 90.8 Å². The summed E-state index contributed by atoms with van der Waals surface area (Å²) in [7, 11) is 0. The number of ether oxygens (including phenoxy) is 3. The Kier molecular flexibility index (Phi) is 20.3. The van der Waals surface area contributed by atoms with Gasteiger partial charge in [-0.25, -0.2) is 9.97 Å². The van der Waals surface area contributed by atoms with Gasteiger partial charge in [0.2, 0.25) is 23.7 Å². The number of aromatic nitrogens is 4. The summed E-state index contributed by atoms with van der Waals surface area (Å²) in [4.78, 5) is 61.1. The minimum atomic E-state index is -4.28. The van der Waals surface area contributed by atoms with E-state index >= 15 is 0 Å². The van der Waals surface area contributed by atoms with Gasteiger partial charge in [0.25, 0.3) is 0 Å². The first-order valence-corrected chi connectivity index (χ1v) is 27.9. The molecule has 3 amide bonds. The van der Waals surface area contributed by atoms with Crippen LogP contribution >= 0.6 is 11.3 Å². The molecular weight excluding hydrogens is 1030 g/mol. The number of benzene rings is 2. The number of carbonyl (C=O) groups is 3. The van der Waals surface area contributed by atoms with Crippen LogP contribution in [0.5, 0.6) is 0 Å². The van der Waals surface area contributed by atoms with Crippen molar-refractivity contribution in [3.63, 3.8) is 0 Å². The fourth-order valence-electron chi connectivity index (χ4n) is 10.3. The number of alkyl halides is 3. The third-order valence-electron chi connectivity index (χ3n) is 14.7. The molecule has 2 saturated heterocycles. The van der Waals surface area contributed by atoms with Gasteiger partial charge in [-0.05, 0) is 60.3 Å². The lowest BCUT2D eigenvalue weighted by molar-refractivity contribution is -0.144. The van der Waals surface area contributed by atoms with E-state index in [1.807, 2.05) is 57.5 Å². The highest BCUT2D eigenvalue weighted by Crippen LogP contribution is 2.37. The second-order valence-corrected chi connectivity index (χ2v) is 22.5. The lowest BCUT2D eigenvalue weighted by Crippen LogP contribution is -2.58. The zero-order chi connectivity index (χ0) is 55.4. The maximum atomic E-state index is 14.0. The molecule has 1 saturated carbocycles. The molecule has 0 radical (unpaired) electrons. The molecule has 8 rings (SSSR count). The molecule has 22 heteroatoms. The number of fused-ring (bicyclic) bond motifs is 1. The van der Waals surface area contributed by atoms with E-state index in [0.717, 1.165) is 90.3 Å². The molecule has 0 spiro atoms. The Morgan fingerprint density at radius 3 is 2.14 bits per heavy atom. The number of nitrogens with zero attached hydrogens (tertiary/aromatic N) is 7. The summed E-state index contributed by atoms with van der Waals surface area (Å²) < 4.78 is 57.7. The predicted octanol–water partition coefficient (Wildman–Crippen LogP) is 6.35. The lowest BCUT2D eigenvalue weighted by atomic mass is 9.85. The highest BCUT2D eigenvalue weighted by Gasteiger charge is 2.44. The average Bonchev–Trinajstić information content (AvgIpc) is 4.15. The number of piperazine rings is 1. The number of amides is 3. The van der Waals surface area contributed by atoms with Crippen LogP contribution < -0.4 is 16.0 Å². The first-order chi connectivity index (χ1) is 37.4. The van der Waals surface area contributed by atoms with Crippen molar-refractivity contribution in [1.29, 1.82) is 0 Å². The van der Waals surface area contributed by atoms with Gasteiger partial charge >= 0.3 is 6.18 Å². The van der Waals surface area contributed by atoms with Crippen molar-refractivity contribution in [1.82, 2.24) is 44.9 Å². The molecule has 1 aliphatic carbocycles. The minimum absolute atomic E-state index is 0.0204. The number of carbonyl (C=O) groups excluding carboxylic acids is 3. The molecule has 78 heavy (non-hydrogen) atoms. The maximum absolute atomic E-state index is 14.0. The number of hydrogen-bond acceptors (Lipinski definition) is 15. The van der Waals surface area contributed by atoms with Gasteiger partial charge in [0.1, 0.15) is 24.3 Å². The summed E-state index contributed by atoms with van der Waals surface area (Å²) in [6.45, 7) is 14.2. The SMILES string of the molecule is Cc1ncsc1-c1ccc(CNC(=O)[C@@H]2C[C@@H](O)CN2C(=O)[C@@H](NC(=O)COCCOCCOCCN2CCN(Cc3ccc(-c4cn([C@H]5CC[C@H](O)CC5)c5nc(NCCC(F)(F)F)ncc45)cc3)CC2)C(C)(C)C)cc1. The van der Waals surface area contributed by atoms with E-state index in [-0.39, 0.29) is 69.9 Å². The van der Waals surface area contributed by atoms with Crippen molar-refractivity contribution in [2.45, 2.75) is 116 Å². The highest BCUT2D eigenvalue weighted by molar-refractivity contribution is 7.13. The van der Waals surface area contributed by atoms with E-state index < -0.39 is 48.0 Å². The molecule has 2 aliphatic heterocycles. The predicted molar refractivity (Wildman–Crippen MR) is 291 cm³/mol. The Hall–Kier alpha value is -5.59. The standard InChI is InChI=1S/C56H75F3N10O8S/c1-37-49(78-36-63-37)41-11-5-38(6-12-41)30-61-52(73)47-29-44(71)33-69(47)53(74)50(55(2,3)4)64-48(72)35-77-28-27-76-26-25-75-24-23-66-19-21-67(22-20-66)32-39-7-9-40(10-8-39)46-34-68(42-13-15-43(70)16-14-42)51-45(46)31-62-54(65-51)60-18-17-56(57,58)59/h5-12,31,34,36,42-44,47,50,70-71H,13-30,32-33,35H2,1-4H3,(H,61,73)(H,64,72)(H,60,62,65)/t42-,43-,44-,47+,50-/m1/s1. The number of aliphatic hydroxyl groups excluding tert-OH is 2. The average molecular weight is 1110 g/mol. The van der Waals surface area contributed by atoms with Crippen LogP contribution in [0.2, 0.25) is 0 Å². The van der Waals surface area contributed by atoms with Crippen LogP contribution in [-0.2, 0) is 41.7 Å². The molecular formula is C56H75F3N10O8S. The van der Waals surface area contributed by atoms with E-state index in [2.05, 4.69) is 75.7 Å².